The van der Waals surface area contributed by atoms with Crippen LogP contribution in [-0.2, 0) is 11.2 Å². The maximum Gasteiger partial charge on any atom is 0.338 e. The lowest BCUT2D eigenvalue weighted by atomic mass is 10.0. The number of aryl methyl sites for hydroxylation is 4. The predicted molar refractivity (Wildman–Crippen MR) is 153 cm³/mol. The molecular formula is C33H39F2NO2. The number of ether oxygens (including phenoxy) is 1. The van der Waals surface area contributed by atoms with E-state index in [1.165, 1.54) is 35.2 Å². The molecule has 5 heteroatoms. The van der Waals surface area contributed by atoms with Gasteiger partial charge in [-0.2, -0.15) is 0 Å². The Bertz CT molecular complexity index is 1340. The van der Waals surface area contributed by atoms with E-state index in [0.717, 1.165) is 23.1 Å². The Labute approximate surface area is 226 Å². The second-order valence-corrected chi connectivity index (χ2v) is 9.08. The van der Waals surface area contributed by atoms with Gasteiger partial charge in [0.1, 0.15) is 11.6 Å². The molecule has 4 rings (SSSR count). The summed E-state index contributed by atoms with van der Waals surface area (Å²) in [5.41, 5.74) is 7.99. The molecule has 202 valence electrons. The summed E-state index contributed by atoms with van der Waals surface area (Å²) in [5, 5.41) is 0. The summed E-state index contributed by atoms with van der Waals surface area (Å²) in [6, 6.07) is 21.9. The molecule has 0 aliphatic heterocycles. The molecule has 0 N–H and O–H groups in total. The minimum Gasteiger partial charge on any atom is -0.462 e. The van der Waals surface area contributed by atoms with Crippen molar-refractivity contribution in [3.63, 3.8) is 0 Å². The van der Waals surface area contributed by atoms with Crippen LogP contribution in [0.3, 0.4) is 0 Å². The number of hydrogen-bond acceptors (Lipinski definition) is 2. The second kappa shape index (κ2) is 14.9. The van der Waals surface area contributed by atoms with Crippen molar-refractivity contribution in [1.29, 1.82) is 0 Å². The molecule has 3 nitrogen and oxygen atoms in total. The highest BCUT2D eigenvalue weighted by Crippen LogP contribution is 2.30. The van der Waals surface area contributed by atoms with Gasteiger partial charge in [0.15, 0.2) is 0 Å². The molecule has 0 fully saturated rings. The molecule has 0 aliphatic rings. The Balaban J connectivity index is 0.000000324. The smallest absolute Gasteiger partial charge is 0.338 e. The molecule has 1 heterocycles. The van der Waals surface area contributed by atoms with E-state index in [4.69, 9.17) is 4.74 Å². The van der Waals surface area contributed by atoms with Gasteiger partial charge >= 0.3 is 5.97 Å². The molecule has 0 bridgehead atoms. The minimum atomic E-state index is -0.519. The lowest BCUT2D eigenvalue weighted by Crippen LogP contribution is -2.06. The van der Waals surface area contributed by atoms with Crippen LogP contribution in [0, 0.1) is 32.4 Å². The van der Waals surface area contributed by atoms with Crippen LogP contribution in [0.25, 0.3) is 16.9 Å². The predicted octanol–water partition coefficient (Wildman–Crippen LogP) is 9.19. The Hall–Kier alpha value is -3.73. The first-order valence-corrected chi connectivity index (χ1v) is 13.1. The molecule has 0 radical (unpaired) electrons. The van der Waals surface area contributed by atoms with E-state index < -0.39 is 11.6 Å². The van der Waals surface area contributed by atoms with Gasteiger partial charge in [-0.3, -0.25) is 0 Å². The molecule has 0 unspecified atom stereocenters. The first-order chi connectivity index (χ1) is 18.2. The van der Waals surface area contributed by atoms with Crippen molar-refractivity contribution in [3.8, 4) is 16.9 Å². The van der Waals surface area contributed by atoms with E-state index in [1.807, 2.05) is 32.0 Å². The Morgan fingerprint density at radius 3 is 2.18 bits per heavy atom. The molecule has 3 aromatic carbocycles. The zero-order chi connectivity index (χ0) is 28.2. The van der Waals surface area contributed by atoms with Crippen LogP contribution in [0.5, 0.6) is 0 Å². The molecule has 1 aromatic heterocycles. The summed E-state index contributed by atoms with van der Waals surface area (Å²) in [7, 11) is 0. The average molecular weight is 520 g/mol. The third-order valence-electron chi connectivity index (χ3n) is 5.76. The van der Waals surface area contributed by atoms with Crippen molar-refractivity contribution in [3.05, 3.63) is 112 Å². The van der Waals surface area contributed by atoms with Gasteiger partial charge in [-0.05, 0) is 87.7 Å². The Morgan fingerprint density at radius 1 is 0.842 bits per heavy atom. The van der Waals surface area contributed by atoms with E-state index in [0.29, 0.717) is 24.2 Å². The van der Waals surface area contributed by atoms with E-state index in [9.17, 15) is 13.6 Å². The normalized spacial score (nSPS) is 10.1. The van der Waals surface area contributed by atoms with Gasteiger partial charge in [0, 0.05) is 23.0 Å². The minimum absolute atomic E-state index is 0.289. The SMILES string of the molecule is CCC.CCOC(=O)c1cccc(-n2c(C)ccc2-c2cc(C)ccc2C)c1.CCc1ccc(F)cc1F. The molecular weight excluding hydrogens is 480 g/mol. The maximum atomic E-state index is 12.6. The number of hydrogen-bond donors (Lipinski definition) is 0. The van der Waals surface area contributed by atoms with Crippen LogP contribution in [0.2, 0.25) is 0 Å². The zero-order valence-electron chi connectivity index (χ0n) is 23.6. The van der Waals surface area contributed by atoms with Crippen LogP contribution in [0.4, 0.5) is 8.78 Å². The molecule has 0 amide bonds. The molecule has 0 aliphatic carbocycles. The van der Waals surface area contributed by atoms with Crippen LogP contribution < -0.4 is 0 Å². The van der Waals surface area contributed by atoms with Gasteiger partial charge in [0.25, 0.3) is 0 Å². The van der Waals surface area contributed by atoms with Gasteiger partial charge in [0.2, 0.25) is 0 Å². The first kappa shape index (κ1) is 30.5. The number of halogens is 2. The molecule has 0 saturated carbocycles. The average Bonchev–Trinajstić information content (AvgIpc) is 3.27. The quantitative estimate of drug-likeness (QED) is 0.246. The lowest BCUT2D eigenvalue weighted by molar-refractivity contribution is 0.0526. The number of aromatic nitrogens is 1. The van der Waals surface area contributed by atoms with Gasteiger partial charge in [-0.25, -0.2) is 13.6 Å². The highest BCUT2D eigenvalue weighted by atomic mass is 19.1. The van der Waals surface area contributed by atoms with Crippen molar-refractivity contribution in [1.82, 2.24) is 4.57 Å². The lowest BCUT2D eigenvalue weighted by Gasteiger charge is -2.15. The van der Waals surface area contributed by atoms with Gasteiger partial charge in [-0.1, -0.05) is 57.0 Å². The topological polar surface area (TPSA) is 31.2 Å². The van der Waals surface area contributed by atoms with E-state index in [1.54, 1.807) is 6.07 Å². The zero-order valence-corrected chi connectivity index (χ0v) is 23.6. The molecule has 0 atom stereocenters. The van der Waals surface area contributed by atoms with Crippen LogP contribution in [0.15, 0.2) is 72.8 Å². The molecule has 4 aromatic rings. The fourth-order valence-corrected chi connectivity index (χ4v) is 3.90. The third kappa shape index (κ3) is 8.14. The summed E-state index contributed by atoms with van der Waals surface area (Å²) in [6.45, 7) is 14.6. The van der Waals surface area contributed by atoms with Crippen molar-refractivity contribution in [2.24, 2.45) is 0 Å². The van der Waals surface area contributed by atoms with E-state index in [-0.39, 0.29) is 5.97 Å². The number of carbonyl (C=O) groups excluding carboxylic acids is 1. The maximum absolute atomic E-state index is 12.6. The first-order valence-electron chi connectivity index (χ1n) is 13.1. The van der Waals surface area contributed by atoms with Gasteiger partial charge in [0.05, 0.1) is 17.9 Å². The largest absolute Gasteiger partial charge is 0.462 e. The fourth-order valence-electron chi connectivity index (χ4n) is 3.90. The van der Waals surface area contributed by atoms with Crippen molar-refractivity contribution >= 4 is 5.97 Å². The number of benzene rings is 3. The highest BCUT2D eigenvalue weighted by molar-refractivity contribution is 5.90. The third-order valence-corrected chi connectivity index (χ3v) is 5.76. The highest BCUT2D eigenvalue weighted by Gasteiger charge is 2.14. The number of carbonyl (C=O) groups is 1. The van der Waals surface area contributed by atoms with Crippen LogP contribution >= 0.6 is 0 Å². The van der Waals surface area contributed by atoms with Gasteiger partial charge in [-0.15, -0.1) is 0 Å². The second-order valence-electron chi connectivity index (χ2n) is 9.08. The van der Waals surface area contributed by atoms with E-state index in [2.05, 4.69) is 69.5 Å². The summed E-state index contributed by atoms with van der Waals surface area (Å²) in [5.74, 6) is -1.26. The summed E-state index contributed by atoms with van der Waals surface area (Å²) >= 11 is 0. The van der Waals surface area contributed by atoms with E-state index >= 15 is 0 Å². The van der Waals surface area contributed by atoms with Crippen molar-refractivity contribution in [2.75, 3.05) is 6.61 Å². The molecule has 0 spiro atoms. The van der Waals surface area contributed by atoms with Gasteiger partial charge < -0.3 is 9.30 Å². The Kier molecular flexibility index (Phi) is 11.9. The Morgan fingerprint density at radius 2 is 1.55 bits per heavy atom. The number of nitrogens with zero attached hydrogens (tertiary/aromatic N) is 1. The summed E-state index contributed by atoms with van der Waals surface area (Å²) < 4.78 is 32.2. The fraction of sp³-hybridized carbons (Fsp3) is 0.303. The van der Waals surface area contributed by atoms with Crippen molar-refractivity contribution < 1.29 is 18.3 Å². The van der Waals surface area contributed by atoms with Crippen molar-refractivity contribution in [2.45, 2.75) is 61.3 Å². The monoisotopic (exact) mass is 519 g/mol. The van der Waals surface area contributed by atoms with Crippen LogP contribution in [0.1, 0.15) is 66.9 Å². The number of esters is 1. The molecule has 38 heavy (non-hydrogen) atoms. The molecule has 0 saturated heterocycles. The summed E-state index contributed by atoms with van der Waals surface area (Å²) in [4.78, 5) is 12.1. The van der Waals surface area contributed by atoms with Crippen LogP contribution in [-0.4, -0.2) is 17.1 Å². The number of rotatable bonds is 5. The standard InChI is InChI=1S/C22H23NO2.C8H8F2.C3H8/c1-5-25-22(24)18-7-6-8-19(14-18)23-17(4)11-12-21(23)20-13-15(2)9-10-16(20)3;1-2-6-3-4-7(9)5-8(6)10;1-3-2/h6-14H,5H2,1-4H3;3-5H,2H2,1H3;3H2,1-2H3. The summed E-state index contributed by atoms with van der Waals surface area (Å²) in [6.07, 6.45) is 1.85.